The van der Waals surface area contributed by atoms with Crippen LogP contribution in [0.3, 0.4) is 0 Å². The molecule has 5 atom stereocenters. The molecule has 3 aromatic rings. The highest BCUT2D eigenvalue weighted by Crippen LogP contribution is 2.80. The number of fused-ring (bicyclic) bond motifs is 8. The van der Waals surface area contributed by atoms with Crippen molar-refractivity contribution >= 4 is 59.5 Å². The molecule has 0 saturated heterocycles. The predicted octanol–water partition coefficient (Wildman–Crippen LogP) is 6.38. The Morgan fingerprint density at radius 1 is 0.941 bits per heavy atom. The number of hydrogen-bond donors (Lipinski definition) is 0. The summed E-state index contributed by atoms with van der Waals surface area (Å²) in [7, 11) is 0. The third-order valence-electron chi connectivity index (χ3n) is 8.77. The van der Waals surface area contributed by atoms with Gasteiger partial charge in [-0.3, -0.25) is 14.4 Å². The fourth-order valence-corrected chi connectivity index (χ4v) is 10.4. The summed E-state index contributed by atoms with van der Waals surface area (Å²) < 4.78 is 3.61. The van der Waals surface area contributed by atoms with Crippen molar-refractivity contribution in [2.24, 2.45) is 5.41 Å². The molecule has 5 unspecified atom stereocenters. The van der Waals surface area contributed by atoms with E-state index >= 15 is 0 Å². The van der Waals surface area contributed by atoms with Gasteiger partial charge in [-0.05, 0) is 41.3 Å². The maximum absolute atomic E-state index is 13.1. The number of benzene rings is 1. The van der Waals surface area contributed by atoms with Crippen LogP contribution in [0.4, 0.5) is 0 Å². The highest BCUT2D eigenvalue weighted by molar-refractivity contribution is 7.33. The molecule has 1 aromatic carbocycles. The van der Waals surface area contributed by atoms with Crippen LogP contribution in [-0.2, 0) is 14.4 Å². The summed E-state index contributed by atoms with van der Waals surface area (Å²) in [5.74, 6) is -1.26. The highest BCUT2D eigenvalue weighted by atomic mass is 32.1. The quantitative estimate of drug-likeness (QED) is 0.186. The summed E-state index contributed by atoms with van der Waals surface area (Å²) in [6, 6.07) is 4.27. The van der Waals surface area contributed by atoms with Crippen molar-refractivity contribution < 1.29 is 14.4 Å². The van der Waals surface area contributed by atoms with Crippen molar-refractivity contribution in [1.82, 2.24) is 0 Å². The minimum atomic E-state index is -0.459. The van der Waals surface area contributed by atoms with Crippen LogP contribution < -0.4 is 0 Å². The molecule has 0 amide bonds. The van der Waals surface area contributed by atoms with Gasteiger partial charge in [0.1, 0.15) is 0 Å². The van der Waals surface area contributed by atoms with Gasteiger partial charge in [-0.2, -0.15) is 0 Å². The molecule has 3 nitrogen and oxygen atoms in total. The normalized spacial score (nSPS) is 32.4. The predicted molar refractivity (Wildman–Crippen MR) is 136 cm³/mol. The molecule has 5 heteroatoms. The van der Waals surface area contributed by atoms with Gasteiger partial charge in [0.05, 0.1) is 27.2 Å². The van der Waals surface area contributed by atoms with E-state index in [0.717, 1.165) is 26.8 Å². The minimum absolute atomic E-state index is 0.136. The van der Waals surface area contributed by atoms with Gasteiger partial charge in [-0.25, -0.2) is 0 Å². The molecular formula is C29H18O3S2. The van der Waals surface area contributed by atoms with Crippen LogP contribution in [0, 0.1) is 5.41 Å². The second-order valence-corrected chi connectivity index (χ2v) is 12.1. The topological polar surface area (TPSA) is 51.2 Å². The lowest BCUT2D eigenvalue weighted by Gasteiger charge is -2.57. The van der Waals surface area contributed by atoms with E-state index in [0.29, 0.717) is 0 Å². The first-order valence-electron chi connectivity index (χ1n) is 11.4. The Morgan fingerprint density at radius 3 is 2.35 bits per heavy atom. The fourth-order valence-electron chi connectivity index (χ4n) is 7.37. The molecule has 6 aliphatic carbocycles. The summed E-state index contributed by atoms with van der Waals surface area (Å²) in [6.07, 6.45) is 9.60. The van der Waals surface area contributed by atoms with Crippen molar-refractivity contribution in [2.45, 2.75) is 30.6 Å². The molecule has 1 spiro atoms. The maximum Gasteiger partial charge on any atom is 0.210 e. The molecule has 1 saturated carbocycles. The van der Waals surface area contributed by atoms with E-state index in [-0.39, 0.29) is 34.6 Å². The van der Waals surface area contributed by atoms with E-state index in [4.69, 9.17) is 0 Å². The van der Waals surface area contributed by atoms with E-state index in [9.17, 15) is 14.4 Å². The standard InChI is InChI=1S/C29H18O3S2/c1-4-5-6-18-11(2)21-20-27(22-23(30)12(3)29(18,21)22)34-26-17-9-15-13-7-8-14(25(32)24(13)31)16(15)10-19(17)33-28(20)26/h4-10,13-14,21-22H,1,3H2,2H3/b6-5-. The molecule has 0 aliphatic heterocycles. The Morgan fingerprint density at radius 2 is 1.65 bits per heavy atom. The average molecular weight is 479 g/mol. The first-order chi connectivity index (χ1) is 16.4. The van der Waals surface area contributed by atoms with Crippen LogP contribution in [0.5, 0.6) is 0 Å². The molecule has 9 rings (SSSR count). The minimum Gasteiger partial charge on any atom is -0.294 e. The van der Waals surface area contributed by atoms with Crippen LogP contribution in [0.1, 0.15) is 52.2 Å². The lowest BCUT2D eigenvalue weighted by molar-refractivity contribution is -0.138. The van der Waals surface area contributed by atoms with Gasteiger partial charge in [-0.1, -0.05) is 49.1 Å². The third-order valence-corrected chi connectivity index (χ3v) is 11.4. The van der Waals surface area contributed by atoms with Crippen LogP contribution >= 0.6 is 22.7 Å². The lowest BCUT2D eigenvalue weighted by atomic mass is 9.43. The molecule has 6 aliphatic rings. The van der Waals surface area contributed by atoms with Gasteiger partial charge in [0.2, 0.25) is 11.6 Å². The lowest BCUT2D eigenvalue weighted by Crippen LogP contribution is -2.54. The number of ketones is 3. The average Bonchev–Trinajstić information content (AvgIpc) is 3.42. The molecule has 2 aromatic heterocycles. The van der Waals surface area contributed by atoms with Crippen LogP contribution in [-0.4, -0.2) is 17.3 Å². The zero-order valence-electron chi connectivity index (χ0n) is 18.3. The Bertz CT molecular complexity index is 1740. The molecule has 34 heavy (non-hydrogen) atoms. The van der Waals surface area contributed by atoms with Gasteiger partial charge in [0.15, 0.2) is 5.78 Å². The molecule has 2 heterocycles. The smallest absolute Gasteiger partial charge is 0.210 e. The van der Waals surface area contributed by atoms with Crippen LogP contribution in [0.25, 0.3) is 19.5 Å². The number of carbonyl (C=O) groups is 3. The Balaban J connectivity index is 1.39. The van der Waals surface area contributed by atoms with Gasteiger partial charge in [0, 0.05) is 31.9 Å². The van der Waals surface area contributed by atoms with E-state index in [1.165, 1.54) is 31.0 Å². The number of Topliss-reactive ketones (excluding diaryl/α,β-unsaturated/α-hetero) is 3. The van der Waals surface area contributed by atoms with Gasteiger partial charge < -0.3 is 0 Å². The summed E-state index contributed by atoms with van der Waals surface area (Å²) >= 11 is 3.50. The molecule has 0 N–H and O–H groups in total. The van der Waals surface area contributed by atoms with E-state index < -0.39 is 11.8 Å². The summed E-state index contributed by atoms with van der Waals surface area (Å²) in [5.41, 5.74) is 6.24. The summed E-state index contributed by atoms with van der Waals surface area (Å²) in [6.45, 7) is 10.2. The van der Waals surface area contributed by atoms with E-state index in [1.807, 2.05) is 18.2 Å². The fraction of sp³-hybridized carbons (Fsp3) is 0.207. The Labute approximate surface area is 203 Å². The van der Waals surface area contributed by atoms with Crippen LogP contribution in [0.2, 0.25) is 0 Å². The molecular weight excluding hydrogens is 460 g/mol. The van der Waals surface area contributed by atoms with Crippen molar-refractivity contribution in [2.75, 3.05) is 0 Å². The van der Waals surface area contributed by atoms with E-state index in [1.54, 1.807) is 28.7 Å². The molecule has 164 valence electrons. The number of thiophene rings is 2. The van der Waals surface area contributed by atoms with E-state index in [2.05, 4.69) is 38.3 Å². The number of allylic oxidation sites excluding steroid dienone is 8. The second kappa shape index (κ2) is 5.73. The molecule has 0 radical (unpaired) electrons. The zero-order chi connectivity index (χ0) is 23.3. The zero-order valence-corrected chi connectivity index (χ0v) is 19.9. The van der Waals surface area contributed by atoms with Gasteiger partial charge in [0.25, 0.3) is 0 Å². The Kier molecular flexibility index (Phi) is 3.23. The highest BCUT2D eigenvalue weighted by Gasteiger charge is 2.73. The van der Waals surface area contributed by atoms with Gasteiger partial charge >= 0.3 is 0 Å². The largest absolute Gasteiger partial charge is 0.294 e. The Hall–Kier alpha value is -3.15. The van der Waals surface area contributed by atoms with Crippen molar-refractivity contribution in [3.63, 3.8) is 0 Å². The SMILES string of the molecule is C=C/C=C\C1=C(C)C2c3c(sc4c3sc3cc5c(cc34)C3C=CC5C(=O)C3=O)C3C(=O)C(=C)C132. The number of carbonyl (C=O) groups excluding carboxylic acids is 3. The van der Waals surface area contributed by atoms with Crippen molar-refractivity contribution in [1.29, 1.82) is 0 Å². The number of hydrogen-bond acceptors (Lipinski definition) is 5. The molecule has 2 bridgehead atoms. The summed E-state index contributed by atoms with van der Waals surface area (Å²) in [4.78, 5) is 39.3. The summed E-state index contributed by atoms with van der Waals surface area (Å²) in [5, 5.41) is 1.14. The number of rotatable bonds is 2. The first-order valence-corrected chi connectivity index (χ1v) is 13.1. The third kappa shape index (κ3) is 1.73. The van der Waals surface area contributed by atoms with Gasteiger partial charge in [-0.15, -0.1) is 22.7 Å². The second-order valence-electron chi connectivity index (χ2n) is 9.96. The first kappa shape index (κ1) is 19.2. The van der Waals surface area contributed by atoms with Crippen molar-refractivity contribution in [3.8, 4) is 0 Å². The van der Waals surface area contributed by atoms with Crippen molar-refractivity contribution in [3.05, 3.63) is 94.0 Å². The van der Waals surface area contributed by atoms with Crippen LogP contribution in [0.15, 0.2) is 72.4 Å². The monoisotopic (exact) mass is 478 g/mol. The maximum atomic E-state index is 13.1. The molecule has 1 fully saturated rings.